The van der Waals surface area contributed by atoms with Gasteiger partial charge in [0.25, 0.3) is 5.56 Å². The molecule has 1 aliphatic rings. The van der Waals surface area contributed by atoms with Crippen LogP contribution >= 0.6 is 0 Å². The van der Waals surface area contributed by atoms with Gasteiger partial charge in [-0.25, -0.2) is 14.4 Å². The number of aromatic amines is 1. The summed E-state index contributed by atoms with van der Waals surface area (Å²) in [7, 11) is 0. The quantitative estimate of drug-likeness (QED) is 0.472. The lowest BCUT2D eigenvalue weighted by Crippen LogP contribution is -2.33. The lowest BCUT2D eigenvalue weighted by molar-refractivity contribution is -0.0511. The van der Waals surface area contributed by atoms with Gasteiger partial charge in [-0.15, -0.1) is 0 Å². The summed E-state index contributed by atoms with van der Waals surface area (Å²) in [5.74, 6) is 4.42. The highest BCUT2D eigenvalue weighted by atomic mass is 19.1. The SMILES string of the molecule is O=c1[nH]c(C#CCF)nc2c1ncn2C1OC(CO)C(O)C1O. The van der Waals surface area contributed by atoms with E-state index in [-0.39, 0.29) is 17.0 Å². The molecular weight excluding hydrogens is 311 g/mol. The van der Waals surface area contributed by atoms with E-state index in [1.165, 1.54) is 10.9 Å². The van der Waals surface area contributed by atoms with E-state index in [2.05, 4.69) is 26.8 Å². The van der Waals surface area contributed by atoms with E-state index < -0.39 is 43.4 Å². The van der Waals surface area contributed by atoms with Gasteiger partial charge in [0.15, 0.2) is 29.9 Å². The molecule has 4 unspecified atom stereocenters. The van der Waals surface area contributed by atoms with Crippen molar-refractivity contribution in [3.63, 3.8) is 0 Å². The van der Waals surface area contributed by atoms with Crippen LogP contribution in [0.25, 0.3) is 11.2 Å². The number of nitrogens with one attached hydrogen (secondary N) is 1. The van der Waals surface area contributed by atoms with Gasteiger partial charge in [-0.3, -0.25) is 14.3 Å². The van der Waals surface area contributed by atoms with E-state index in [9.17, 15) is 19.4 Å². The maximum atomic E-state index is 12.1. The molecule has 1 aliphatic heterocycles. The number of imidazole rings is 1. The number of halogens is 1. The number of alkyl halides is 1. The summed E-state index contributed by atoms with van der Waals surface area (Å²) < 4.78 is 18.8. The number of hydrogen-bond acceptors (Lipinski definition) is 7. The fourth-order valence-corrected chi connectivity index (χ4v) is 2.40. The Labute approximate surface area is 128 Å². The van der Waals surface area contributed by atoms with Crippen molar-refractivity contribution in [1.82, 2.24) is 19.5 Å². The Kier molecular flexibility index (Phi) is 4.10. The van der Waals surface area contributed by atoms with Gasteiger partial charge < -0.3 is 20.1 Å². The molecule has 3 rings (SSSR count). The first kappa shape index (κ1) is 15.6. The van der Waals surface area contributed by atoms with E-state index >= 15 is 0 Å². The molecule has 4 atom stereocenters. The Hall–Kier alpha value is -2.32. The zero-order valence-corrected chi connectivity index (χ0v) is 11.7. The van der Waals surface area contributed by atoms with Crippen molar-refractivity contribution in [2.24, 2.45) is 0 Å². The highest BCUT2D eigenvalue weighted by molar-refractivity contribution is 5.69. The molecule has 0 aromatic carbocycles. The maximum absolute atomic E-state index is 12.1. The number of nitrogens with zero attached hydrogens (tertiary/aromatic N) is 3. The lowest BCUT2D eigenvalue weighted by Gasteiger charge is -2.16. The Morgan fingerprint density at radius 1 is 1.43 bits per heavy atom. The fraction of sp³-hybridized carbons (Fsp3) is 0.462. The number of H-pyrrole nitrogens is 1. The highest BCUT2D eigenvalue weighted by Gasteiger charge is 2.44. The van der Waals surface area contributed by atoms with Gasteiger partial charge in [-0.1, -0.05) is 5.92 Å². The monoisotopic (exact) mass is 324 g/mol. The van der Waals surface area contributed by atoms with Crippen LogP contribution < -0.4 is 5.56 Å². The number of aliphatic hydroxyl groups excluding tert-OH is 3. The first-order valence-electron chi connectivity index (χ1n) is 6.71. The summed E-state index contributed by atoms with van der Waals surface area (Å²) in [5, 5.41) is 29.0. The zero-order chi connectivity index (χ0) is 16.6. The van der Waals surface area contributed by atoms with Gasteiger partial charge >= 0.3 is 0 Å². The van der Waals surface area contributed by atoms with Crippen LogP contribution in [0.1, 0.15) is 12.1 Å². The summed E-state index contributed by atoms with van der Waals surface area (Å²) in [5.41, 5.74) is -0.538. The van der Waals surface area contributed by atoms with Crippen molar-refractivity contribution >= 4 is 11.2 Å². The second kappa shape index (κ2) is 6.05. The van der Waals surface area contributed by atoms with E-state index in [0.717, 1.165) is 0 Å². The number of rotatable bonds is 2. The molecule has 1 saturated heterocycles. The maximum Gasteiger partial charge on any atom is 0.279 e. The minimum Gasteiger partial charge on any atom is -0.394 e. The summed E-state index contributed by atoms with van der Waals surface area (Å²) in [4.78, 5) is 22.2. The van der Waals surface area contributed by atoms with Gasteiger partial charge in [0, 0.05) is 0 Å². The van der Waals surface area contributed by atoms with Crippen molar-refractivity contribution in [2.45, 2.75) is 24.5 Å². The van der Waals surface area contributed by atoms with Crippen molar-refractivity contribution in [3.05, 3.63) is 22.5 Å². The van der Waals surface area contributed by atoms with Gasteiger partial charge in [0.2, 0.25) is 0 Å². The lowest BCUT2D eigenvalue weighted by atomic mass is 10.1. The predicted octanol–water partition coefficient (Wildman–Crippen LogP) is -1.95. The van der Waals surface area contributed by atoms with E-state index in [1.807, 2.05) is 0 Å². The number of ether oxygens (including phenoxy) is 1. The van der Waals surface area contributed by atoms with E-state index in [4.69, 9.17) is 9.84 Å². The standard InChI is InChI=1S/C13H13FN4O5/c14-3-1-2-7-16-11-8(12(22)17-7)15-5-18(11)13-10(21)9(20)6(4-19)23-13/h5-6,9-10,13,19-21H,3-4H2,(H,16,17,22). The predicted molar refractivity (Wildman–Crippen MR) is 74.0 cm³/mol. The largest absolute Gasteiger partial charge is 0.394 e. The molecule has 0 saturated carbocycles. The smallest absolute Gasteiger partial charge is 0.279 e. The van der Waals surface area contributed by atoms with Crippen LogP contribution in [0.15, 0.2) is 11.1 Å². The molecule has 23 heavy (non-hydrogen) atoms. The van der Waals surface area contributed by atoms with E-state index in [1.54, 1.807) is 0 Å². The van der Waals surface area contributed by atoms with Crippen LogP contribution in [0, 0.1) is 11.8 Å². The molecule has 0 bridgehead atoms. The molecule has 1 fully saturated rings. The minimum absolute atomic E-state index is 0.0199. The molecular formula is C13H13FN4O5. The van der Waals surface area contributed by atoms with Crippen LogP contribution in [0.5, 0.6) is 0 Å². The summed E-state index contributed by atoms with van der Waals surface area (Å²) in [6.45, 7) is -1.38. The molecule has 10 heteroatoms. The van der Waals surface area contributed by atoms with Gasteiger partial charge in [-0.05, 0) is 5.92 Å². The molecule has 9 nitrogen and oxygen atoms in total. The van der Waals surface area contributed by atoms with Crippen LogP contribution in [0.3, 0.4) is 0 Å². The second-order valence-electron chi connectivity index (χ2n) is 4.90. The Bertz CT molecular complexity index is 838. The Morgan fingerprint density at radius 3 is 2.87 bits per heavy atom. The van der Waals surface area contributed by atoms with Gasteiger partial charge in [0.1, 0.15) is 18.3 Å². The van der Waals surface area contributed by atoms with Crippen LogP contribution in [-0.4, -0.2) is 66.4 Å². The third-order valence-electron chi connectivity index (χ3n) is 3.50. The molecule has 2 aromatic rings. The first-order valence-corrected chi connectivity index (χ1v) is 6.71. The van der Waals surface area contributed by atoms with Crippen molar-refractivity contribution in [2.75, 3.05) is 13.3 Å². The van der Waals surface area contributed by atoms with Crippen LogP contribution in [0.2, 0.25) is 0 Å². The molecule has 0 spiro atoms. The van der Waals surface area contributed by atoms with Crippen LogP contribution in [-0.2, 0) is 4.74 Å². The van der Waals surface area contributed by atoms with Crippen LogP contribution in [0.4, 0.5) is 4.39 Å². The van der Waals surface area contributed by atoms with Crippen molar-refractivity contribution in [3.8, 4) is 11.8 Å². The third kappa shape index (κ3) is 2.60. The Morgan fingerprint density at radius 2 is 2.22 bits per heavy atom. The molecule has 3 heterocycles. The topological polar surface area (TPSA) is 133 Å². The Balaban J connectivity index is 2.08. The number of aromatic nitrogens is 4. The molecule has 0 radical (unpaired) electrons. The summed E-state index contributed by atoms with van der Waals surface area (Å²) in [6.07, 6.45) is -3.47. The molecule has 4 N–H and O–H groups in total. The second-order valence-corrected chi connectivity index (χ2v) is 4.90. The summed E-state index contributed by atoms with van der Waals surface area (Å²) >= 11 is 0. The van der Waals surface area contributed by atoms with E-state index in [0.29, 0.717) is 0 Å². The number of hydrogen-bond donors (Lipinski definition) is 4. The van der Waals surface area contributed by atoms with Gasteiger partial charge in [-0.2, -0.15) is 0 Å². The molecule has 0 aliphatic carbocycles. The normalized spacial score (nSPS) is 27.1. The van der Waals surface area contributed by atoms with Crippen molar-refractivity contribution in [1.29, 1.82) is 0 Å². The number of fused-ring (bicyclic) bond motifs is 1. The average Bonchev–Trinajstić information content (AvgIpc) is 3.08. The fourth-order valence-electron chi connectivity index (χ4n) is 2.40. The van der Waals surface area contributed by atoms with Crippen molar-refractivity contribution < 1.29 is 24.4 Å². The summed E-state index contributed by atoms with van der Waals surface area (Å²) in [6, 6.07) is 0. The molecule has 2 aromatic heterocycles. The number of aliphatic hydroxyl groups is 3. The highest BCUT2D eigenvalue weighted by Crippen LogP contribution is 2.30. The zero-order valence-electron chi connectivity index (χ0n) is 11.7. The van der Waals surface area contributed by atoms with Gasteiger partial charge in [0.05, 0.1) is 12.9 Å². The third-order valence-corrected chi connectivity index (χ3v) is 3.50. The molecule has 122 valence electrons. The minimum atomic E-state index is -1.34. The molecule has 0 amide bonds. The average molecular weight is 324 g/mol. The first-order chi connectivity index (χ1) is 11.1.